The zero-order valence-electron chi connectivity index (χ0n) is 15.2. The predicted octanol–water partition coefficient (Wildman–Crippen LogP) is 4.97. The lowest BCUT2D eigenvalue weighted by Gasteiger charge is -2.21. The van der Waals surface area contributed by atoms with Crippen LogP contribution in [0.5, 0.6) is 5.75 Å². The van der Waals surface area contributed by atoms with E-state index in [2.05, 4.69) is 16.0 Å². The van der Waals surface area contributed by atoms with Gasteiger partial charge < -0.3 is 19.4 Å². The second-order valence-corrected chi connectivity index (χ2v) is 8.10. The molecule has 6 nitrogen and oxygen atoms in total. The van der Waals surface area contributed by atoms with Gasteiger partial charge in [-0.25, -0.2) is 4.79 Å². The SMILES string of the molecule is CCOC(=O)Oc1c[nH]c2c(=O)[nH]c3ccc(SC4CCCCC4)cc3c12. The number of carbonyl (C=O) groups is 1. The van der Waals surface area contributed by atoms with Crippen LogP contribution in [0.15, 0.2) is 34.1 Å². The van der Waals surface area contributed by atoms with Gasteiger partial charge in [-0.1, -0.05) is 19.3 Å². The number of thioether (sulfide) groups is 1. The Kier molecular flexibility index (Phi) is 5.11. The van der Waals surface area contributed by atoms with Gasteiger partial charge in [-0.05, 0) is 38.0 Å². The van der Waals surface area contributed by atoms with E-state index in [-0.39, 0.29) is 12.2 Å². The molecule has 0 spiro atoms. The monoisotopic (exact) mass is 386 g/mol. The molecule has 2 aromatic heterocycles. The van der Waals surface area contributed by atoms with E-state index in [9.17, 15) is 9.59 Å². The molecule has 7 heteroatoms. The lowest BCUT2D eigenvalue weighted by molar-refractivity contribution is 0.105. The van der Waals surface area contributed by atoms with Crippen LogP contribution in [-0.2, 0) is 4.74 Å². The van der Waals surface area contributed by atoms with Gasteiger partial charge in [0, 0.05) is 27.2 Å². The van der Waals surface area contributed by atoms with Crippen LogP contribution in [0.1, 0.15) is 39.0 Å². The van der Waals surface area contributed by atoms with E-state index in [1.807, 2.05) is 23.9 Å². The van der Waals surface area contributed by atoms with Gasteiger partial charge in [0.25, 0.3) is 5.56 Å². The summed E-state index contributed by atoms with van der Waals surface area (Å²) in [6.07, 6.45) is 7.14. The molecule has 3 aromatic rings. The van der Waals surface area contributed by atoms with Crippen molar-refractivity contribution in [2.75, 3.05) is 6.61 Å². The maximum absolute atomic E-state index is 12.4. The van der Waals surface area contributed by atoms with E-state index >= 15 is 0 Å². The molecule has 0 aliphatic heterocycles. The lowest BCUT2D eigenvalue weighted by atomic mass is 10.0. The minimum atomic E-state index is -0.778. The maximum Gasteiger partial charge on any atom is 0.513 e. The topological polar surface area (TPSA) is 84.2 Å². The smallest absolute Gasteiger partial charge is 0.434 e. The Morgan fingerprint density at radius 1 is 1.26 bits per heavy atom. The molecule has 1 aromatic carbocycles. The highest BCUT2D eigenvalue weighted by molar-refractivity contribution is 8.00. The van der Waals surface area contributed by atoms with Gasteiger partial charge in [0.05, 0.1) is 12.0 Å². The summed E-state index contributed by atoms with van der Waals surface area (Å²) in [5, 5.41) is 2.09. The van der Waals surface area contributed by atoms with Crippen LogP contribution < -0.4 is 10.3 Å². The van der Waals surface area contributed by atoms with Crippen LogP contribution in [0.25, 0.3) is 21.8 Å². The first-order valence-electron chi connectivity index (χ1n) is 9.34. The van der Waals surface area contributed by atoms with Crippen molar-refractivity contribution in [1.82, 2.24) is 9.97 Å². The number of aromatic nitrogens is 2. The fourth-order valence-electron chi connectivity index (χ4n) is 3.64. The number of aromatic amines is 2. The number of H-pyrrole nitrogens is 2. The Balaban J connectivity index is 1.76. The highest BCUT2D eigenvalue weighted by Gasteiger charge is 2.18. The number of benzene rings is 1. The Morgan fingerprint density at radius 3 is 2.85 bits per heavy atom. The van der Waals surface area contributed by atoms with Crippen molar-refractivity contribution in [3.05, 3.63) is 34.7 Å². The van der Waals surface area contributed by atoms with E-state index in [0.717, 1.165) is 10.3 Å². The predicted molar refractivity (Wildman–Crippen MR) is 107 cm³/mol. The summed E-state index contributed by atoms with van der Waals surface area (Å²) in [7, 11) is 0. The molecule has 1 aliphatic rings. The van der Waals surface area contributed by atoms with E-state index < -0.39 is 6.16 Å². The molecule has 1 saturated carbocycles. The first kappa shape index (κ1) is 18.0. The zero-order chi connectivity index (χ0) is 18.8. The third kappa shape index (κ3) is 3.69. The van der Waals surface area contributed by atoms with Crippen LogP contribution in [0.3, 0.4) is 0 Å². The van der Waals surface area contributed by atoms with Crippen molar-refractivity contribution in [3.8, 4) is 5.75 Å². The van der Waals surface area contributed by atoms with E-state index in [1.165, 1.54) is 38.3 Å². The number of fused-ring (bicyclic) bond motifs is 3. The van der Waals surface area contributed by atoms with Crippen molar-refractivity contribution in [3.63, 3.8) is 0 Å². The van der Waals surface area contributed by atoms with Crippen molar-refractivity contribution in [1.29, 1.82) is 0 Å². The number of nitrogens with one attached hydrogen (secondary N) is 2. The molecule has 0 atom stereocenters. The van der Waals surface area contributed by atoms with Crippen molar-refractivity contribution in [2.24, 2.45) is 0 Å². The molecule has 0 bridgehead atoms. The second kappa shape index (κ2) is 7.68. The van der Waals surface area contributed by atoms with Crippen LogP contribution >= 0.6 is 11.8 Å². The van der Waals surface area contributed by atoms with E-state index in [1.54, 1.807) is 6.92 Å². The summed E-state index contributed by atoms with van der Waals surface area (Å²) in [5.41, 5.74) is 0.860. The molecule has 2 N–H and O–H groups in total. The number of hydrogen-bond donors (Lipinski definition) is 2. The molecule has 4 rings (SSSR count). The van der Waals surface area contributed by atoms with Gasteiger partial charge in [-0.15, -0.1) is 11.8 Å². The van der Waals surface area contributed by atoms with Crippen LogP contribution in [0, 0.1) is 0 Å². The van der Waals surface area contributed by atoms with Gasteiger partial charge in [-0.2, -0.15) is 0 Å². The third-order valence-corrected chi connectivity index (χ3v) is 6.22. The van der Waals surface area contributed by atoms with Crippen molar-refractivity contribution in [2.45, 2.75) is 49.2 Å². The number of carbonyl (C=O) groups excluding carboxylic acids is 1. The number of rotatable bonds is 4. The summed E-state index contributed by atoms with van der Waals surface area (Å²) in [4.78, 5) is 31.1. The summed E-state index contributed by atoms with van der Waals surface area (Å²) >= 11 is 1.89. The third-order valence-electron chi connectivity index (χ3n) is 4.89. The summed E-state index contributed by atoms with van der Waals surface area (Å²) < 4.78 is 10.2. The Labute approximate surface area is 160 Å². The van der Waals surface area contributed by atoms with Gasteiger partial charge in [-0.3, -0.25) is 4.79 Å². The average molecular weight is 386 g/mol. The molecule has 27 heavy (non-hydrogen) atoms. The molecule has 2 heterocycles. The Bertz CT molecular complexity index is 1030. The first-order valence-corrected chi connectivity index (χ1v) is 10.2. The fraction of sp³-hybridized carbons (Fsp3) is 0.400. The quantitative estimate of drug-likeness (QED) is 0.619. The Hall–Kier alpha value is -2.41. The number of ether oxygens (including phenoxy) is 2. The molecule has 1 aliphatic carbocycles. The standard InChI is InChI=1S/C20H22N2O4S/c1-2-25-20(24)26-16-11-21-18-17(16)14-10-13(8-9-15(14)22-19(18)23)27-12-6-4-3-5-7-12/h8-12,21H,2-7H2,1H3,(H,22,23). The molecule has 0 amide bonds. The average Bonchev–Trinajstić information content (AvgIpc) is 3.08. The number of pyridine rings is 1. The van der Waals surface area contributed by atoms with Gasteiger partial charge in [0.1, 0.15) is 5.52 Å². The van der Waals surface area contributed by atoms with Gasteiger partial charge >= 0.3 is 6.16 Å². The van der Waals surface area contributed by atoms with Crippen LogP contribution in [0.2, 0.25) is 0 Å². The summed E-state index contributed by atoms with van der Waals surface area (Å²) in [6, 6.07) is 6.03. The molecule has 0 radical (unpaired) electrons. The zero-order valence-corrected chi connectivity index (χ0v) is 16.0. The van der Waals surface area contributed by atoms with Crippen molar-refractivity contribution < 1.29 is 14.3 Å². The van der Waals surface area contributed by atoms with Gasteiger partial charge in [0.15, 0.2) is 5.75 Å². The second-order valence-electron chi connectivity index (χ2n) is 6.73. The highest BCUT2D eigenvalue weighted by Crippen LogP contribution is 2.37. The summed E-state index contributed by atoms with van der Waals surface area (Å²) in [5.74, 6) is 0.305. The maximum atomic E-state index is 12.4. The normalized spacial score (nSPS) is 15.3. The molecular formula is C20H22N2O4S. The lowest BCUT2D eigenvalue weighted by Crippen LogP contribution is -2.10. The molecule has 0 unspecified atom stereocenters. The van der Waals surface area contributed by atoms with E-state index in [0.29, 0.717) is 27.4 Å². The molecule has 1 fully saturated rings. The first-order chi connectivity index (χ1) is 13.2. The van der Waals surface area contributed by atoms with E-state index in [4.69, 9.17) is 9.47 Å². The highest BCUT2D eigenvalue weighted by atomic mass is 32.2. The minimum absolute atomic E-state index is 0.227. The Morgan fingerprint density at radius 2 is 2.07 bits per heavy atom. The molecule has 142 valence electrons. The van der Waals surface area contributed by atoms with Gasteiger partial charge in [0.2, 0.25) is 0 Å². The minimum Gasteiger partial charge on any atom is -0.434 e. The fourth-order valence-corrected chi connectivity index (χ4v) is 4.93. The van der Waals surface area contributed by atoms with Crippen molar-refractivity contribution >= 4 is 39.7 Å². The molecule has 0 saturated heterocycles. The van der Waals surface area contributed by atoms with Crippen LogP contribution in [0.4, 0.5) is 4.79 Å². The van der Waals surface area contributed by atoms with Crippen LogP contribution in [-0.4, -0.2) is 28.0 Å². The number of hydrogen-bond acceptors (Lipinski definition) is 5. The largest absolute Gasteiger partial charge is 0.513 e. The molecular weight excluding hydrogens is 364 g/mol. The summed E-state index contributed by atoms with van der Waals surface area (Å²) in [6.45, 7) is 1.94.